The number of carbonyl (C=O) groups is 3. The maximum Gasteiger partial charge on any atom is 0.352 e. The van der Waals surface area contributed by atoms with Crippen LogP contribution < -0.4 is 5.32 Å². The van der Waals surface area contributed by atoms with Gasteiger partial charge in [0.1, 0.15) is 5.70 Å². The quantitative estimate of drug-likeness (QED) is 0.704. The highest BCUT2D eigenvalue weighted by atomic mass is 16.4. The lowest BCUT2D eigenvalue weighted by molar-refractivity contribution is -0.161. The van der Waals surface area contributed by atoms with Crippen LogP contribution in [0.25, 0.3) is 5.57 Å². The molecule has 1 aromatic rings. The van der Waals surface area contributed by atoms with Crippen molar-refractivity contribution in [2.75, 3.05) is 5.32 Å². The Hall–Kier alpha value is -2.67. The Bertz CT molecular complexity index is 826. The van der Waals surface area contributed by atoms with E-state index >= 15 is 0 Å². The number of nitrogens with zero attached hydrogens (tertiary/aromatic N) is 1. The largest absolute Gasteiger partial charge is 0.477 e. The lowest BCUT2D eigenvalue weighted by atomic mass is 9.82. The number of β-lactam (4-membered cyclic amide) rings is 1. The van der Waals surface area contributed by atoms with Crippen LogP contribution in [0.5, 0.6) is 0 Å². The molecule has 0 spiro atoms. The Morgan fingerprint density at radius 3 is 2.79 bits per heavy atom. The minimum Gasteiger partial charge on any atom is -0.477 e. The highest BCUT2D eigenvalue weighted by Gasteiger charge is 2.56. The summed E-state index contributed by atoms with van der Waals surface area (Å²) in [7, 11) is 0. The number of aliphatic hydroxyl groups excluding tert-OH is 1. The van der Waals surface area contributed by atoms with Gasteiger partial charge in [-0.05, 0) is 42.2 Å². The van der Waals surface area contributed by atoms with Gasteiger partial charge in [-0.1, -0.05) is 6.07 Å². The second kappa shape index (κ2) is 4.91. The molecule has 7 nitrogen and oxygen atoms in total. The predicted octanol–water partition coefficient (Wildman–Crippen LogP) is 0.588. The molecular weight excluding hydrogens is 312 g/mol. The lowest BCUT2D eigenvalue weighted by Gasteiger charge is -2.44. The Labute approximate surface area is 137 Å². The van der Waals surface area contributed by atoms with Gasteiger partial charge in [0.15, 0.2) is 0 Å². The number of aliphatic carboxylic acids is 1. The Kier molecular flexibility index (Phi) is 3.05. The first-order valence-corrected chi connectivity index (χ1v) is 7.79. The average molecular weight is 328 g/mol. The molecule has 1 fully saturated rings. The zero-order valence-electron chi connectivity index (χ0n) is 12.9. The summed E-state index contributed by atoms with van der Waals surface area (Å²) in [5.74, 6) is -2.15. The van der Waals surface area contributed by atoms with Gasteiger partial charge in [0, 0.05) is 5.69 Å². The summed E-state index contributed by atoms with van der Waals surface area (Å²) in [6.07, 6.45) is -0.153. The summed E-state index contributed by atoms with van der Waals surface area (Å²) in [6.45, 7) is 1.55. The van der Waals surface area contributed by atoms with Crippen molar-refractivity contribution in [2.45, 2.75) is 31.9 Å². The van der Waals surface area contributed by atoms with E-state index in [4.69, 9.17) is 0 Å². The van der Waals surface area contributed by atoms with Crippen molar-refractivity contribution in [3.05, 3.63) is 35.0 Å². The number of carboxylic acids is 1. The summed E-state index contributed by atoms with van der Waals surface area (Å²) in [5, 5.41) is 22.1. The number of anilines is 1. The molecule has 2 amide bonds. The van der Waals surface area contributed by atoms with Gasteiger partial charge in [0.25, 0.3) is 0 Å². The van der Waals surface area contributed by atoms with Gasteiger partial charge in [0.2, 0.25) is 11.8 Å². The number of amides is 2. The Morgan fingerprint density at radius 2 is 2.12 bits per heavy atom. The first kappa shape index (κ1) is 14.9. The molecule has 3 N–H and O–H groups in total. The molecule has 3 aliphatic heterocycles. The van der Waals surface area contributed by atoms with Gasteiger partial charge in [-0.3, -0.25) is 9.59 Å². The standard InChI is InChI=1S/C17H16N2O5/c1-7(20)14-12-6-10(15(17(23)24)19(12)16(14)22)8-2-3-11-9(4-8)5-13(21)18-11/h2-4,7,12,14,20H,5-6H2,1H3,(H,18,21)(H,23,24)/t7-,12+,14+/m1/s1. The highest BCUT2D eigenvalue weighted by molar-refractivity contribution is 6.06. The van der Waals surface area contributed by atoms with Crippen LogP contribution in [0.2, 0.25) is 0 Å². The second-order valence-corrected chi connectivity index (χ2v) is 6.48. The molecular formula is C17H16N2O5. The van der Waals surface area contributed by atoms with E-state index in [2.05, 4.69) is 5.32 Å². The molecule has 1 aromatic carbocycles. The molecule has 3 aliphatic rings. The molecule has 0 saturated carbocycles. The average Bonchev–Trinajstić information content (AvgIpc) is 3.02. The van der Waals surface area contributed by atoms with Crippen LogP contribution >= 0.6 is 0 Å². The van der Waals surface area contributed by atoms with Gasteiger partial charge < -0.3 is 20.4 Å². The molecule has 1 saturated heterocycles. The topological polar surface area (TPSA) is 107 Å². The van der Waals surface area contributed by atoms with Gasteiger partial charge in [-0.25, -0.2) is 4.79 Å². The minimum atomic E-state index is -1.15. The molecule has 124 valence electrons. The SMILES string of the molecule is C[C@@H](O)[C@@H]1C(=O)N2C(C(=O)O)=C(c3ccc4c(c3)CC(=O)N4)C[C@@H]12. The van der Waals surface area contributed by atoms with E-state index in [1.165, 1.54) is 4.90 Å². The highest BCUT2D eigenvalue weighted by Crippen LogP contribution is 2.47. The van der Waals surface area contributed by atoms with Crippen LogP contribution in [-0.2, 0) is 20.8 Å². The van der Waals surface area contributed by atoms with E-state index in [1.807, 2.05) is 0 Å². The van der Waals surface area contributed by atoms with Crippen LogP contribution in [0.4, 0.5) is 5.69 Å². The first-order chi connectivity index (χ1) is 11.4. The van der Waals surface area contributed by atoms with Crippen molar-refractivity contribution in [1.82, 2.24) is 4.90 Å². The maximum absolute atomic E-state index is 12.2. The number of carbonyl (C=O) groups excluding carboxylic acids is 2. The van der Waals surface area contributed by atoms with E-state index in [9.17, 15) is 24.6 Å². The van der Waals surface area contributed by atoms with Crippen molar-refractivity contribution >= 4 is 29.0 Å². The first-order valence-electron chi connectivity index (χ1n) is 7.79. The zero-order chi connectivity index (χ0) is 17.2. The number of carboxylic acid groups (broad SMARTS) is 1. The third-order valence-electron chi connectivity index (χ3n) is 5.01. The van der Waals surface area contributed by atoms with Gasteiger partial charge in [-0.15, -0.1) is 0 Å². The summed E-state index contributed by atoms with van der Waals surface area (Å²) in [5.41, 5.74) is 2.82. The smallest absolute Gasteiger partial charge is 0.352 e. The molecule has 0 aromatic heterocycles. The molecule has 0 aliphatic carbocycles. The second-order valence-electron chi connectivity index (χ2n) is 6.48. The fourth-order valence-electron chi connectivity index (χ4n) is 3.94. The molecule has 3 atom stereocenters. The molecule has 0 radical (unpaired) electrons. The van der Waals surface area contributed by atoms with Crippen LogP contribution in [0, 0.1) is 5.92 Å². The number of fused-ring (bicyclic) bond motifs is 2. The number of hydrogen-bond donors (Lipinski definition) is 3. The monoisotopic (exact) mass is 328 g/mol. The van der Waals surface area contributed by atoms with Crippen molar-refractivity contribution in [3.8, 4) is 0 Å². The van der Waals surface area contributed by atoms with Gasteiger partial charge >= 0.3 is 5.97 Å². The van der Waals surface area contributed by atoms with Gasteiger partial charge in [0.05, 0.1) is 24.5 Å². The normalized spacial score (nSPS) is 26.0. The Balaban J connectivity index is 1.75. The summed E-state index contributed by atoms with van der Waals surface area (Å²) < 4.78 is 0. The van der Waals surface area contributed by atoms with Crippen LogP contribution in [0.1, 0.15) is 24.5 Å². The minimum absolute atomic E-state index is 0.0147. The summed E-state index contributed by atoms with van der Waals surface area (Å²) in [4.78, 5) is 36.7. The maximum atomic E-state index is 12.2. The molecule has 3 heterocycles. The van der Waals surface area contributed by atoms with E-state index < -0.39 is 18.0 Å². The third kappa shape index (κ3) is 1.91. The van der Waals surface area contributed by atoms with E-state index in [0.29, 0.717) is 17.6 Å². The van der Waals surface area contributed by atoms with Crippen molar-refractivity contribution in [2.24, 2.45) is 5.92 Å². The van der Waals surface area contributed by atoms with Crippen LogP contribution in [0.15, 0.2) is 23.9 Å². The molecule has 24 heavy (non-hydrogen) atoms. The van der Waals surface area contributed by atoms with Crippen molar-refractivity contribution < 1.29 is 24.6 Å². The Morgan fingerprint density at radius 1 is 1.38 bits per heavy atom. The van der Waals surface area contributed by atoms with Crippen molar-refractivity contribution in [1.29, 1.82) is 0 Å². The third-order valence-corrected chi connectivity index (χ3v) is 5.01. The lowest BCUT2D eigenvalue weighted by Crippen LogP contribution is -2.61. The number of aliphatic hydroxyl groups is 1. The van der Waals surface area contributed by atoms with Crippen LogP contribution in [-0.4, -0.2) is 45.0 Å². The number of benzene rings is 1. The fraction of sp³-hybridized carbons (Fsp3) is 0.353. The molecule has 0 unspecified atom stereocenters. The molecule has 7 heteroatoms. The van der Waals surface area contributed by atoms with Crippen LogP contribution in [0.3, 0.4) is 0 Å². The van der Waals surface area contributed by atoms with E-state index in [1.54, 1.807) is 25.1 Å². The number of hydrogen-bond acceptors (Lipinski definition) is 4. The summed E-state index contributed by atoms with van der Waals surface area (Å²) in [6, 6.07) is 5.01. The van der Waals surface area contributed by atoms with E-state index in [-0.39, 0.29) is 30.0 Å². The van der Waals surface area contributed by atoms with Gasteiger partial charge in [-0.2, -0.15) is 0 Å². The number of rotatable bonds is 3. The molecule has 0 bridgehead atoms. The fourth-order valence-corrected chi connectivity index (χ4v) is 3.94. The molecule has 4 rings (SSSR count). The summed E-state index contributed by atoms with van der Waals surface area (Å²) >= 11 is 0. The van der Waals surface area contributed by atoms with E-state index in [0.717, 1.165) is 11.3 Å². The predicted molar refractivity (Wildman–Crippen MR) is 83.8 cm³/mol. The zero-order valence-corrected chi connectivity index (χ0v) is 12.9. The number of nitrogens with one attached hydrogen (secondary N) is 1. The van der Waals surface area contributed by atoms with Crippen molar-refractivity contribution in [3.63, 3.8) is 0 Å².